The van der Waals surface area contributed by atoms with Gasteiger partial charge in [0.15, 0.2) is 0 Å². The third-order valence-electron chi connectivity index (χ3n) is 5.34. The van der Waals surface area contributed by atoms with Crippen molar-refractivity contribution in [1.29, 1.82) is 0 Å². The molecule has 7 nitrogen and oxygen atoms in total. The van der Waals surface area contributed by atoms with Crippen LogP contribution >= 0.6 is 0 Å². The summed E-state index contributed by atoms with van der Waals surface area (Å²) >= 11 is 0. The molecule has 0 bridgehead atoms. The molecule has 28 heavy (non-hydrogen) atoms. The van der Waals surface area contributed by atoms with Crippen LogP contribution in [0.15, 0.2) is 42.9 Å². The molecule has 4 rings (SSSR count). The number of hydrogen-bond acceptors (Lipinski definition) is 5. The highest BCUT2D eigenvalue weighted by atomic mass is 16.2. The standard InChI is InChI=1S/C21H26N6O/c1-21(25-20(28)19-16-5-9-22-17(16)6-10-24-19)7-11-27(14-21)13-15-4-8-23-18(12-15)26(2)3/h4-6,8-10,12,22H,7,11,13-14H2,1-3H3,(H,25,28). The van der Waals surface area contributed by atoms with E-state index in [-0.39, 0.29) is 11.4 Å². The van der Waals surface area contributed by atoms with Crippen LogP contribution in [0, 0.1) is 0 Å². The quantitative estimate of drug-likeness (QED) is 0.713. The zero-order chi connectivity index (χ0) is 19.7. The minimum Gasteiger partial charge on any atom is -0.363 e. The van der Waals surface area contributed by atoms with E-state index in [1.807, 2.05) is 43.5 Å². The zero-order valence-corrected chi connectivity index (χ0v) is 16.6. The summed E-state index contributed by atoms with van der Waals surface area (Å²) in [6.07, 6.45) is 6.26. The third kappa shape index (κ3) is 3.71. The monoisotopic (exact) mass is 378 g/mol. The van der Waals surface area contributed by atoms with Gasteiger partial charge < -0.3 is 15.2 Å². The summed E-state index contributed by atoms with van der Waals surface area (Å²) in [6.45, 7) is 4.71. The smallest absolute Gasteiger partial charge is 0.271 e. The van der Waals surface area contributed by atoms with Gasteiger partial charge in [-0.1, -0.05) is 0 Å². The van der Waals surface area contributed by atoms with Crippen molar-refractivity contribution in [2.24, 2.45) is 0 Å². The van der Waals surface area contributed by atoms with Crippen LogP contribution in [0.25, 0.3) is 10.9 Å². The summed E-state index contributed by atoms with van der Waals surface area (Å²) < 4.78 is 0. The number of pyridine rings is 2. The van der Waals surface area contributed by atoms with E-state index in [1.165, 1.54) is 5.56 Å². The first-order chi connectivity index (χ1) is 13.4. The Bertz CT molecular complexity index is 997. The molecule has 1 unspecified atom stereocenters. The van der Waals surface area contributed by atoms with Gasteiger partial charge >= 0.3 is 0 Å². The highest BCUT2D eigenvalue weighted by Gasteiger charge is 2.35. The van der Waals surface area contributed by atoms with Crippen LogP contribution in [0.1, 0.15) is 29.4 Å². The molecule has 7 heteroatoms. The molecule has 3 aromatic rings. The number of rotatable bonds is 5. The van der Waals surface area contributed by atoms with Crippen molar-refractivity contribution in [3.63, 3.8) is 0 Å². The minimum absolute atomic E-state index is 0.117. The number of fused-ring (bicyclic) bond motifs is 1. The fourth-order valence-electron chi connectivity index (χ4n) is 3.85. The summed E-state index contributed by atoms with van der Waals surface area (Å²) in [5.74, 6) is 0.840. The van der Waals surface area contributed by atoms with Crippen molar-refractivity contribution < 1.29 is 4.79 Å². The molecule has 1 aliphatic heterocycles. The van der Waals surface area contributed by atoms with Gasteiger partial charge in [0.1, 0.15) is 11.5 Å². The highest BCUT2D eigenvalue weighted by molar-refractivity contribution is 6.04. The Hall–Kier alpha value is -2.93. The van der Waals surface area contributed by atoms with Crippen molar-refractivity contribution in [3.05, 3.63) is 54.1 Å². The first-order valence-electron chi connectivity index (χ1n) is 9.53. The predicted molar refractivity (Wildman–Crippen MR) is 110 cm³/mol. The van der Waals surface area contributed by atoms with Crippen LogP contribution in [-0.4, -0.2) is 58.5 Å². The van der Waals surface area contributed by atoms with E-state index >= 15 is 0 Å². The highest BCUT2D eigenvalue weighted by Crippen LogP contribution is 2.24. The molecule has 1 amide bonds. The van der Waals surface area contributed by atoms with Crippen molar-refractivity contribution in [2.45, 2.75) is 25.4 Å². The largest absolute Gasteiger partial charge is 0.363 e. The van der Waals surface area contributed by atoms with E-state index in [4.69, 9.17) is 0 Å². The maximum atomic E-state index is 12.9. The molecule has 146 valence electrons. The maximum absolute atomic E-state index is 12.9. The number of nitrogens with zero attached hydrogens (tertiary/aromatic N) is 4. The Kier molecular flexibility index (Phi) is 4.77. The Morgan fingerprint density at radius 2 is 2.11 bits per heavy atom. The van der Waals surface area contributed by atoms with E-state index in [0.29, 0.717) is 5.69 Å². The molecule has 1 saturated heterocycles. The Morgan fingerprint density at radius 3 is 2.93 bits per heavy atom. The van der Waals surface area contributed by atoms with Gasteiger partial charge in [0.2, 0.25) is 0 Å². The number of likely N-dealkylation sites (tertiary alicyclic amines) is 1. The van der Waals surface area contributed by atoms with Crippen molar-refractivity contribution in [3.8, 4) is 0 Å². The molecular formula is C21H26N6O. The number of hydrogen-bond donors (Lipinski definition) is 2. The Morgan fingerprint density at radius 1 is 1.29 bits per heavy atom. The molecule has 1 fully saturated rings. The van der Waals surface area contributed by atoms with Gasteiger partial charge in [-0.15, -0.1) is 0 Å². The maximum Gasteiger partial charge on any atom is 0.271 e. The molecule has 2 N–H and O–H groups in total. The van der Waals surface area contributed by atoms with Crippen LogP contribution in [0.3, 0.4) is 0 Å². The number of aromatic amines is 1. The molecular weight excluding hydrogens is 352 g/mol. The van der Waals surface area contributed by atoms with E-state index in [2.05, 4.69) is 44.2 Å². The first-order valence-corrected chi connectivity index (χ1v) is 9.53. The number of aromatic nitrogens is 3. The molecule has 1 aliphatic rings. The summed E-state index contributed by atoms with van der Waals surface area (Å²) in [4.78, 5) is 29.1. The van der Waals surface area contributed by atoms with Gasteiger partial charge in [-0.3, -0.25) is 14.7 Å². The van der Waals surface area contributed by atoms with Crippen LogP contribution < -0.4 is 10.2 Å². The molecule has 4 heterocycles. The van der Waals surface area contributed by atoms with Crippen LogP contribution in [0.5, 0.6) is 0 Å². The molecule has 0 aliphatic carbocycles. The Balaban J connectivity index is 1.43. The first kappa shape index (κ1) is 18.4. The number of carbonyl (C=O) groups excluding carboxylic acids is 1. The minimum atomic E-state index is -0.269. The van der Waals surface area contributed by atoms with Gasteiger partial charge in [-0.05, 0) is 43.2 Å². The average Bonchev–Trinajstić information content (AvgIpc) is 3.28. The van der Waals surface area contributed by atoms with E-state index in [1.54, 1.807) is 6.20 Å². The van der Waals surface area contributed by atoms with E-state index < -0.39 is 0 Å². The van der Waals surface area contributed by atoms with Crippen LogP contribution in [0.4, 0.5) is 5.82 Å². The average molecular weight is 378 g/mol. The SMILES string of the molecule is CN(C)c1cc(CN2CCC(C)(NC(=O)c3nccc4[nH]ccc34)C2)ccn1. The number of carbonyl (C=O) groups is 1. The molecule has 0 saturated carbocycles. The molecule has 1 atom stereocenters. The van der Waals surface area contributed by atoms with Gasteiger partial charge in [-0.2, -0.15) is 0 Å². The lowest BCUT2D eigenvalue weighted by atomic mass is 10.0. The van der Waals surface area contributed by atoms with Crippen molar-refractivity contribution in [2.75, 3.05) is 32.1 Å². The summed E-state index contributed by atoms with van der Waals surface area (Å²) in [6, 6.07) is 7.94. The van der Waals surface area contributed by atoms with Gasteiger partial charge in [0.05, 0.1) is 5.54 Å². The third-order valence-corrected chi connectivity index (χ3v) is 5.34. The molecule has 0 spiro atoms. The number of anilines is 1. The van der Waals surface area contributed by atoms with Crippen LogP contribution in [0.2, 0.25) is 0 Å². The normalized spacial score (nSPS) is 19.8. The molecule has 0 radical (unpaired) electrons. The fraction of sp³-hybridized carbons (Fsp3) is 0.381. The zero-order valence-electron chi connectivity index (χ0n) is 16.6. The fourth-order valence-corrected chi connectivity index (χ4v) is 3.85. The van der Waals surface area contributed by atoms with Crippen molar-refractivity contribution in [1.82, 2.24) is 25.2 Å². The van der Waals surface area contributed by atoms with Crippen molar-refractivity contribution >= 4 is 22.6 Å². The number of H-pyrrole nitrogens is 1. The lowest BCUT2D eigenvalue weighted by Crippen LogP contribution is -2.48. The Labute approximate surface area is 164 Å². The summed E-state index contributed by atoms with van der Waals surface area (Å²) in [5.41, 5.74) is 2.36. The number of amides is 1. The van der Waals surface area contributed by atoms with Crippen LogP contribution in [-0.2, 0) is 6.54 Å². The lowest BCUT2D eigenvalue weighted by molar-refractivity contribution is 0.0904. The lowest BCUT2D eigenvalue weighted by Gasteiger charge is -2.26. The van der Waals surface area contributed by atoms with Gasteiger partial charge in [0.25, 0.3) is 5.91 Å². The second kappa shape index (κ2) is 7.24. The number of nitrogens with one attached hydrogen (secondary N) is 2. The van der Waals surface area contributed by atoms with Gasteiger partial charge in [-0.25, -0.2) is 4.98 Å². The van der Waals surface area contributed by atoms with E-state index in [9.17, 15) is 4.79 Å². The molecule has 3 aromatic heterocycles. The molecule has 0 aromatic carbocycles. The van der Waals surface area contributed by atoms with Gasteiger partial charge in [0, 0.05) is 63.2 Å². The summed E-state index contributed by atoms with van der Waals surface area (Å²) in [5, 5.41) is 4.07. The topological polar surface area (TPSA) is 77.1 Å². The second-order valence-electron chi connectivity index (χ2n) is 7.99. The predicted octanol–water partition coefficient (Wildman–Crippen LogP) is 2.42. The van der Waals surface area contributed by atoms with E-state index in [0.717, 1.165) is 42.8 Å². The second-order valence-corrected chi connectivity index (χ2v) is 7.99. The summed E-state index contributed by atoms with van der Waals surface area (Å²) in [7, 11) is 3.99.